The fraction of sp³-hybridized carbons (Fsp3) is 0.864. The van der Waals surface area contributed by atoms with E-state index in [0.29, 0.717) is 37.5 Å². The van der Waals surface area contributed by atoms with Gasteiger partial charge in [-0.15, -0.1) is 0 Å². The molecule has 1 aromatic carbocycles. The topological polar surface area (TPSA) is 198 Å². The molecule has 0 amide bonds. The molecule has 0 spiro atoms. The molecule has 400 valence electrons. The molecule has 0 aromatic heterocycles. The Morgan fingerprint density at radius 2 is 0.794 bits per heavy atom. The highest BCUT2D eigenvalue weighted by molar-refractivity contribution is 6.61. The molecule has 0 saturated carbocycles. The molecule has 4 heterocycles. The molecular formula is C44H88O20Si4. The first-order valence-electron chi connectivity index (χ1n) is 23.5. The molecule has 68 heavy (non-hydrogen) atoms. The van der Waals surface area contributed by atoms with Crippen LogP contribution in [0.15, 0.2) is 24.3 Å². The molecule has 4 saturated heterocycles. The molecule has 5 unspecified atom stereocenters. The van der Waals surface area contributed by atoms with Crippen LogP contribution in [0.25, 0.3) is 0 Å². The molecule has 5 atom stereocenters. The zero-order valence-electron chi connectivity index (χ0n) is 43.5. The Morgan fingerprint density at radius 3 is 1.19 bits per heavy atom. The van der Waals surface area contributed by atoms with Crippen molar-refractivity contribution >= 4 is 35.2 Å². The predicted molar refractivity (Wildman–Crippen MR) is 261 cm³/mol. The van der Waals surface area contributed by atoms with E-state index in [1.807, 2.05) is 31.2 Å². The van der Waals surface area contributed by atoms with Crippen molar-refractivity contribution in [1.29, 1.82) is 0 Å². The van der Waals surface area contributed by atoms with Crippen LogP contribution in [-0.2, 0) is 92.3 Å². The average Bonchev–Trinajstić information content (AvgIpc) is 4.16. The van der Waals surface area contributed by atoms with Crippen LogP contribution >= 0.6 is 0 Å². The van der Waals surface area contributed by atoms with Crippen LogP contribution in [-0.4, -0.2) is 217 Å². The molecule has 4 aliphatic rings. The van der Waals surface area contributed by atoms with Gasteiger partial charge in [-0.25, -0.2) is 0 Å². The SMILES string of the molecule is CO[Si](CC(C)OCC1CO1)(OC)OC.CO[Si](CCCCCCOCC1CO1)(OC)OC.CO[Si](CCCCOCC1CO1)(OC)OC.CO[Si](Cc1ccc(OCC2CO2)cc1)(OC)OC. The van der Waals surface area contributed by atoms with Crippen molar-refractivity contribution < 1.29 is 91.0 Å². The second-order valence-corrected chi connectivity index (χ2v) is 28.4. The highest BCUT2D eigenvalue weighted by Crippen LogP contribution is 2.22. The van der Waals surface area contributed by atoms with Gasteiger partial charge in [0.05, 0.1) is 52.4 Å². The molecular weight excluding hydrogens is 961 g/mol. The largest absolute Gasteiger partial charge is 0.504 e. The Morgan fingerprint density at radius 1 is 0.441 bits per heavy atom. The summed E-state index contributed by atoms with van der Waals surface area (Å²) in [5, 5.41) is 0. The van der Waals surface area contributed by atoms with E-state index in [-0.39, 0.29) is 18.3 Å². The fourth-order valence-corrected chi connectivity index (χ4v) is 13.5. The summed E-state index contributed by atoms with van der Waals surface area (Å²) in [5.74, 6) is 0.846. The van der Waals surface area contributed by atoms with Crippen molar-refractivity contribution in [3.63, 3.8) is 0 Å². The van der Waals surface area contributed by atoms with E-state index >= 15 is 0 Å². The van der Waals surface area contributed by atoms with Gasteiger partial charge in [0.1, 0.15) is 36.8 Å². The molecule has 5 rings (SSSR count). The summed E-state index contributed by atoms with van der Waals surface area (Å²) in [5.41, 5.74) is 1.10. The van der Waals surface area contributed by atoms with E-state index in [4.69, 9.17) is 91.0 Å². The van der Waals surface area contributed by atoms with E-state index in [1.54, 1.807) is 85.3 Å². The number of hydrogen-bond donors (Lipinski definition) is 0. The van der Waals surface area contributed by atoms with Crippen molar-refractivity contribution in [2.45, 2.75) is 100 Å². The van der Waals surface area contributed by atoms with E-state index in [0.717, 1.165) is 108 Å². The number of hydrogen-bond acceptors (Lipinski definition) is 20. The molecule has 4 fully saturated rings. The fourth-order valence-electron chi connectivity index (χ4n) is 6.44. The monoisotopic (exact) mass is 1050 g/mol. The van der Waals surface area contributed by atoms with Crippen LogP contribution in [0.3, 0.4) is 0 Å². The van der Waals surface area contributed by atoms with Crippen LogP contribution < -0.4 is 4.74 Å². The van der Waals surface area contributed by atoms with Crippen molar-refractivity contribution in [3.8, 4) is 5.75 Å². The van der Waals surface area contributed by atoms with Gasteiger partial charge in [0, 0.05) is 123 Å². The van der Waals surface area contributed by atoms with Gasteiger partial charge in [-0.05, 0) is 50.3 Å². The quantitative estimate of drug-likeness (QED) is 0.0487. The summed E-state index contributed by atoms with van der Waals surface area (Å²) < 4.78 is 107. The Hall–Kier alpha value is -0.872. The van der Waals surface area contributed by atoms with Crippen LogP contribution in [0.4, 0.5) is 0 Å². The minimum absolute atomic E-state index is 0.0562. The van der Waals surface area contributed by atoms with Crippen LogP contribution in [0.2, 0.25) is 18.1 Å². The third kappa shape index (κ3) is 27.3. The third-order valence-electron chi connectivity index (χ3n) is 11.4. The first-order chi connectivity index (χ1) is 32.9. The van der Waals surface area contributed by atoms with Gasteiger partial charge in [-0.1, -0.05) is 25.0 Å². The Bertz CT molecular complexity index is 1310. The lowest BCUT2D eigenvalue weighted by Crippen LogP contribution is -2.45. The highest BCUT2D eigenvalue weighted by atomic mass is 28.4. The maximum absolute atomic E-state index is 5.60. The van der Waals surface area contributed by atoms with Gasteiger partial charge in [0.15, 0.2) is 0 Å². The summed E-state index contributed by atoms with van der Waals surface area (Å²) in [7, 11) is 9.79. The number of epoxide rings is 4. The highest BCUT2D eigenvalue weighted by Gasteiger charge is 2.41. The van der Waals surface area contributed by atoms with Gasteiger partial charge in [-0.2, -0.15) is 0 Å². The van der Waals surface area contributed by atoms with Crippen molar-refractivity contribution in [2.75, 3.05) is 151 Å². The smallest absolute Gasteiger partial charge is 0.491 e. The van der Waals surface area contributed by atoms with Crippen molar-refractivity contribution in [1.82, 2.24) is 0 Å². The number of rotatable bonds is 38. The normalized spacial score (nSPS) is 20.0. The molecule has 0 N–H and O–H groups in total. The molecule has 1 aromatic rings. The average molecular weight is 1050 g/mol. The Labute approximate surface area is 412 Å². The van der Waals surface area contributed by atoms with Gasteiger partial charge < -0.3 is 91.0 Å². The summed E-state index contributed by atoms with van der Waals surface area (Å²) in [6.45, 7) is 9.67. The number of benzene rings is 1. The van der Waals surface area contributed by atoms with Crippen molar-refractivity contribution in [2.24, 2.45) is 0 Å². The maximum atomic E-state index is 5.60. The lowest BCUT2D eigenvalue weighted by atomic mass is 10.2. The van der Waals surface area contributed by atoms with Crippen molar-refractivity contribution in [3.05, 3.63) is 29.8 Å². The van der Waals surface area contributed by atoms with E-state index in [1.165, 1.54) is 6.42 Å². The van der Waals surface area contributed by atoms with Gasteiger partial charge in [0.2, 0.25) is 0 Å². The molecule has 24 heteroatoms. The van der Waals surface area contributed by atoms with Crippen LogP contribution in [0.5, 0.6) is 5.75 Å². The van der Waals surface area contributed by atoms with Crippen LogP contribution in [0.1, 0.15) is 51.0 Å². The van der Waals surface area contributed by atoms with Gasteiger partial charge in [0.25, 0.3) is 0 Å². The predicted octanol–water partition coefficient (Wildman–Crippen LogP) is 4.99. The molecule has 0 radical (unpaired) electrons. The van der Waals surface area contributed by atoms with E-state index in [9.17, 15) is 0 Å². The number of unbranched alkanes of at least 4 members (excludes halogenated alkanes) is 4. The van der Waals surface area contributed by atoms with E-state index in [2.05, 4.69) is 0 Å². The molecule has 4 aliphatic heterocycles. The van der Waals surface area contributed by atoms with Crippen LogP contribution in [0, 0.1) is 0 Å². The summed E-state index contributed by atoms with van der Waals surface area (Å²) in [4.78, 5) is 0. The Balaban J connectivity index is 0.000000313. The Kier molecular flexibility index (Phi) is 33.6. The van der Waals surface area contributed by atoms with Gasteiger partial charge >= 0.3 is 35.2 Å². The first kappa shape index (κ1) is 63.2. The second kappa shape index (κ2) is 36.1. The number of ether oxygens (including phenoxy) is 8. The standard InChI is InChI=1S/C13H20O5Si.C12H26O5Si.C10H22O5Si.C9H20O5Si/c1-14-19(15-2,16-3)10-11-4-6-12(7-5-11)17-8-13-9-18-13;1-13-18(14-2,15-3)9-7-5-4-6-8-16-10-12-11-17-12;1-11-16(12-2,13-3)7-5-4-6-14-8-10-9-15-10;1-8(13-5-9-6-14-9)7-15(10-2,11-3)12-4/h4-7,13H,8-10H2,1-3H3;12H,4-11H2,1-3H3;10H,4-9H2,1-3H3;8-9H,5-7H2,1-4H3. The molecule has 0 aliphatic carbocycles. The van der Waals surface area contributed by atoms with E-state index < -0.39 is 35.2 Å². The lowest BCUT2D eigenvalue weighted by molar-refractivity contribution is 0.0435. The zero-order valence-corrected chi connectivity index (χ0v) is 47.5. The minimum atomic E-state index is -2.56. The maximum Gasteiger partial charge on any atom is 0.504 e. The summed E-state index contributed by atoms with van der Waals surface area (Å²) >= 11 is 0. The molecule has 20 nitrogen and oxygen atoms in total. The lowest BCUT2D eigenvalue weighted by Gasteiger charge is -2.27. The first-order valence-corrected chi connectivity index (χ1v) is 31.2. The summed E-state index contributed by atoms with van der Waals surface area (Å²) in [6.07, 6.45) is 7.85. The molecule has 0 bridgehead atoms. The second-order valence-electron chi connectivity index (χ2n) is 16.3. The zero-order chi connectivity index (χ0) is 50.2. The third-order valence-corrected chi connectivity index (χ3v) is 22.7. The minimum Gasteiger partial charge on any atom is -0.491 e. The summed E-state index contributed by atoms with van der Waals surface area (Å²) in [6, 6.07) is 10.9. The van der Waals surface area contributed by atoms with Gasteiger partial charge in [-0.3, -0.25) is 0 Å².